The Morgan fingerprint density at radius 3 is 2.61 bits per heavy atom. The molecule has 1 aliphatic rings. The maximum absolute atomic E-state index is 12.9. The predicted octanol–water partition coefficient (Wildman–Crippen LogP) is 1.51. The SMILES string of the molecule is COc1ccc(-n2nc(C(=O)N3CCOCC3)cc2-c2ccc(C)cn2)nn1. The molecule has 0 aliphatic carbocycles. The number of hydrogen-bond donors (Lipinski definition) is 0. The number of methoxy groups -OCH3 is 1. The fourth-order valence-electron chi connectivity index (χ4n) is 2.93. The molecule has 4 heterocycles. The molecule has 0 saturated carbocycles. The summed E-state index contributed by atoms with van der Waals surface area (Å²) in [4.78, 5) is 19.1. The van der Waals surface area contributed by atoms with Gasteiger partial charge in [-0.2, -0.15) is 5.10 Å². The Morgan fingerprint density at radius 2 is 1.96 bits per heavy atom. The second-order valence-corrected chi connectivity index (χ2v) is 6.39. The number of rotatable bonds is 4. The maximum atomic E-state index is 12.9. The maximum Gasteiger partial charge on any atom is 0.274 e. The first kappa shape index (κ1) is 18.1. The van der Waals surface area contributed by atoms with Crippen molar-refractivity contribution in [3.8, 4) is 23.1 Å². The highest BCUT2D eigenvalue weighted by Gasteiger charge is 2.24. The number of carbonyl (C=O) groups is 1. The van der Waals surface area contributed by atoms with Crippen molar-refractivity contribution >= 4 is 5.91 Å². The molecule has 1 fully saturated rings. The first-order chi connectivity index (χ1) is 13.7. The third-order valence-electron chi connectivity index (χ3n) is 4.45. The van der Waals surface area contributed by atoms with Crippen LogP contribution in [0.5, 0.6) is 5.88 Å². The third kappa shape index (κ3) is 3.56. The summed E-state index contributed by atoms with van der Waals surface area (Å²) in [6.07, 6.45) is 1.77. The lowest BCUT2D eigenvalue weighted by Gasteiger charge is -2.25. The highest BCUT2D eigenvalue weighted by atomic mass is 16.5. The summed E-state index contributed by atoms with van der Waals surface area (Å²) in [6.45, 7) is 4.13. The molecule has 3 aromatic rings. The van der Waals surface area contributed by atoms with Crippen LogP contribution in [0.4, 0.5) is 0 Å². The van der Waals surface area contributed by atoms with Gasteiger partial charge in [0, 0.05) is 25.4 Å². The van der Waals surface area contributed by atoms with E-state index in [1.165, 1.54) is 7.11 Å². The minimum atomic E-state index is -0.142. The third-order valence-corrected chi connectivity index (χ3v) is 4.45. The largest absolute Gasteiger partial charge is 0.480 e. The van der Waals surface area contributed by atoms with Crippen molar-refractivity contribution in [1.82, 2.24) is 29.9 Å². The molecular weight excluding hydrogens is 360 g/mol. The van der Waals surface area contributed by atoms with Crippen LogP contribution in [0, 0.1) is 6.92 Å². The van der Waals surface area contributed by atoms with Crippen molar-refractivity contribution in [3.05, 3.63) is 47.8 Å². The molecule has 9 heteroatoms. The highest BCUT2D eigenvalue weighted by Crippen LogP contribution is 2.23. The van der Waals surface area contributed by atoms with E-state index < -0.39 is 0 Å². The van der Waals surface area contributed by atoms with Gasteiger partial charge in [0.2, 0.25) is 5.88 Å². The second kappa shape index (κ2) is 7.73. The summed E-state index contributed by atoms with van der Waals surface area (Å²) in [5, 5.41) is 12.7. The summed E-state index contributed by atoms with van der Waals surface area (Å²) in [7, 11) is 1.53. The molecule has 144 valence electrons. The number of aromatic nitrogens is 5. The first-order valence-corrected chi connectivity index (χ1v) is 8.94. The first-order valence-electron chi connectivity index (χ1n) is 8.94. The van der Waals surface area contributed by atoms with Crippen LogP contribution < -0.4 is 4.74 Å². The number of aryl methyl sites for hydroxylation is 1. The van der Waals surface area contributed by atoms with Gasteiger partial charge in [-0.1, -0.05) is 6.07 Å². The summed E-state index contributed by atoms with van der Waals surface area (Å²) in [5.74, 6) is 0.728. The molecule has 0 atom stereocenters. The summed E-state index contributed by atoms with van der Waals surface area (Å²) in [6, 6.07) is 9.02. The van der Waals surface area contributed by atoms with Gasteiger partial charge in [-0.25, -0.2) is 4.68 Å². The molecule has 0 spiro atoms. The van der Waals surface area contributed by atoms with E-state index in [-0.39, 0.29) is 5.91 Å². The smallest absolute Gasteiger partial charge is 0.274 e. The Morgan fingerprint density at radius 1 is 1.14 bits per heavy atom. The normalized spacial score (nSPS) is 14.1. The van der Waals surface area contributed by atoms with Crippen molar-refractivity contribution < 1.29 is 14.3 Å². The zero-order valence-corrected chi connectivity index (χ0v) is 15.7. The Bertz CT molecular complexity index is 962. The molecule has 3 aromatic heterocycles. The van der Waals surface area contributed by atoms with E-state index in [1.807, 2.05) is 19.1 Å². The Hall–Kier alpha value is -3.33. The minimum Gasteiger partial charge on any atom is -0.480 e. The summed E-state index contributed by atoms with van der Waals surface area (Å²) >= 11 is 0. The van der Waals surface area contributed by atoms with Gasteiger partial charge in [0.25, 0.3) is 5.91 Å². The van der Waals surface area contributed by atoms with Crippen LogP contribution in [0.3, 0.4) is 0 Å². The van der Waals surface area contributed by atoms with Gasteiger partial charge in [-0.05, 0) is 30.7 Å². The Kier molecular flexibility index (Phi) is 4.98. The van der Waals surface area contributed by atoms with E-state index in [1.54, 1.807) is 34.0 Å². The van der Waals surface area contributed by atoms with Crippen LogP contribution in [-0.2, 0) is 4.74 Å². The van der Waals surface area contributed by atoms with E-state index in [0.29, 0.717) is 55.1 Å². The number of ether oxygens (including phenoxy) is 2. The van der Waals surface area contributed by atoms with Crippen molar-refractivity contribution in [1.29, 1.82) is 0 Å². The molecule has 1 amide bonds. The number of nitrogens with zero attached hydrogens (tertiary/aromatic N) is 6. The van der Waals surface area contributed by atoms with Gasteiger partial charge in [-0.15, -0.1) is 10.2 Å². The van der Waals surface area contributed by atoms with Crippen molar-refractivity contribution in [2.75, 3.05) is 33.4 Å². The number of hydrogen-bond acceptors (Lipinski definition) is 7. The standard InChI is InChI=1S/C19H20N6O3/c1-13-3-4-14(20-12-13)16-11-15(19(26)24-7-9-28-10-8-24)23-25(16)17-5-6-18(27-2)22-21-17/h3-6,11-12H,7-10H2,1-2H3. The van der Waals surface area contributed by atoms with Crippen molar-refractivity contribution in [2.45, 2.75) is 6.92 Å². The molecule has 28 heavy (non-hydrogen) atoms. The fraction of sp³-hybridized carbons (Fsp3) is 0.316. The lowest BCUT2D eigenvalue weighted by Crippen LogP contribution is -2.40. The lowest BCUT2D eigenvalue weighted by molar-refractivity contribution is 0.0298. The zero-order chi connectivity index (χ0) is 19.5. The molecule has 0 bridgehead atoms. The zero-order valence-electron chi connectivity index (χ0n) is 15.7. The lowest BCUT2D eigenvalue weighted by atomic mass is 10.2. The molecule has 0 unspecified atom stereocenters. The summed E-state index contributed by atoms with van der Waals surface area (Å²) in [5.41, 5.74) is 2.73. The van der Waals surface area contributed by atoms with Crippen LogP contribution >= 0.6 is 0 Å². The average Bonchev–Trinajstić information content (AvgIpc) is 3.20. The molecule has 0 aromatic carbocycles. The van der Waals surface area contributed by atoms with Crippen molar-refractivity contribution in [3.63, 3.8) is 0 Å². The molecular formula is C19H20N6O3. The van der Waals surface area contributed by atoms with Gasteiger partial charge < -0.3 is 14.4 Å². The average molecular weight is 380 g/mol. The molecule has 4 rings (SSSR count). The molecule has 1 saturated heterocycles. The number of pyridine rings is 1. The monoisotopic (exact) mass is 380 g/mol. The topological polar surface area (TPSA) is 95.3 Å². The molecule has 9 nitrogen and oxygen atoms in total. The van der Waals surface area contributed by atoms with E-state index in [2.05, 4.69) is 20.3 Å². The van der Waals surface area contributed by atoms with E-state index >= 15 is 0 Å². The number of morpholine rings is 1. The fourth-order valence-corrected chi connectivity index (χ4v) is 2.93. The van der Waals surface area contributed by atoms with E-state index in [0.717, 1.165) is 5.56 Å². The van der Waals surface area contributed by atoms with Crippen LogP contribution in [-0.4, -0.2) is 69.2 Å². The number of amides is 1. The van der Waals surface area contributed by atoms with Crippen molar-refractivity contribution in [2.24, 2.45) is 0 Å². The quantitative estimate of drug-likeness (QED) is 0.677. The van der Waals surface area contributed by atoms with Crippen LogP contribution in [0.2, 0.25) is 0 Å². The molecule has 0 N–H and O–H groups in total. The van der Waals surface area contributed by atoms with Gasteiger partial charge in [0.15, 0.2) is 11.5 Å². The Labute approximate surface area is 161 Å². The van der Waals surface area contributed by atoms with Crippen LogP contribution in [0.15, 0.2) is 36.5 Å². The van der Waals surface area contributed by atoms with Crippen LogP contribution in [0.1, 0.15) is 16.1 Å². The van der Waals surface area contributed by atoms with Gasteiger partial charge in [-0.3, -0.25) is 9.78 Å². The Balaban J connectivity index is 1.76. The molecule has 0 radical (unpaired) electrons. The minimum absolute atomic E-state index is 0.142. The van der Waals surface area contributed by atoms with Crippen LogP contribution in [0.25, 0.3) is 17.2 Å². The van der Waals surface area contributed by atoms with Gasteiger partial charge in [0.1, 0.15) is 0 Å². The number of carbonyl (C=O) groups excluding carboxylic acids is 1. The van der Waals surface area contributed by atoms with E-state index in [4.69, 9.17) is 9.47 Å². The van der Waals surface area contributed by atoms with Gasteiger partial charge >= 0.3 is 0 Å². The van der Waals surface area contributed by atoms with Gasteiger partial charge in [0.05, 0.1) is 31.7 Å². The summed E-state index contributed by atoms with van der Waals surface area (Å²) < 4.78 is 12.0. The molecule has 1 aliphatic heterocycles. The van der Waals surface area contributed by atoms with E-state index in [9.17, 15) is 4.79 Å². The second-order valence-electron chi connectivity index (χ2n) is 6.39. The predicted molar refractivity (Wildman–Crippen MR) is 100 cm³/mol. The highest BCUT2D eigenvalue weighted by molar-refractivity contribution is 5.93.